The maximum Gasteiger partial charge on any atom is 0.0640 e. The Balaban J connectivity index is 1.33. The highest BCUT2D eigenvalue weighted by atomic mass is 14.7. The predicted molar refractivity (Wildman–Crippen MR) is 290 cm³/mol. The van der Waals surface area contributed by atoms with Gasteiger partial charge in [-0.05, 0) is 89.0 Å². The minimum Gasteiger partial charge on any atom is -0.397 e. The molecule has 0 heterocycles. The summed E-state index contributed by atoms with van der Waals surface area (Å²) in [6, 6.07) is 94.8. The topological polar surface area (TPSA) is 52.0 Å². The van der Waals surface area contributed by atoms with Crippen molar-refractivity contribution in [3.63, 3.8) is 0 Å². The lowest BCUT2D eigenvalue weighted by atomic mass is 9.75. The van der Waals surface area contributed by atoms with E-state index in [-0.39, 0.29) is 0 Å². The molecule has 0 saturated carbocycles. The van der Waals surface area contributed by atoms with Crippen molar-refractivity contribution in [3.05, 3.63) is 267 Å². The molecular weight excluding hydrogens is 821 g/mol. The Morgan fingerprint density at radius 3 is 0.559 bits per heavy atom. The van der Waals surface area contributed by atoms with Crippen LogP contribution in [0.15, 0.2) is 267 Å². The lowest BCUT2D eigenvalue weighted by Gasteiger charge is -2.29. The smallest absolute Gasteiger partial charge is 0.0640 e. The van der Waals surface area contributed by atoms with Crippen molar-refractivity contribution < 1.29 is 0 Å². The Morgan fingerprint density at radius 2 is 0.309 bits per heavy atom. The van der Waals surface area contributed by atoms with Gasteiger partial charge in [0, 0.05) is 22.3 Å². The molecule has 2 nitrogen and oxygen atoms in total. The zero-order valence-electron chi connectivity index (χ0n) is 37.6. The van der Waals surface area contributed by atoms with Gasteiger partial charge in [-0.2, -0.15) is 0 Å². The van der Waals surface area contributed by atoms with E-state index in [9.17, 15) is 0 Å². The second kappa shape index (κ2) is 18.5. The van der Waals surface area contributed by atoms with Crippen LogP contribution in [-0.2, 0) is 0 Å². The minimum atomic E-state index is 0.523. The van der Waals surface area contributed by atoms with Crippen LogP contribution < -0.4 is 11.5 Å². The molecule has 0 aliphatic rings. The molecule has 0 atom stereocenters. The molecule has 11 aromatic rings. The molecule has 0 bridgehead atoms. The zero-order valence-corrected chi connectivity index (χ0v) is 37.6. The van der Waals surface area contributed by atoms with Crippen LogP contribution in [0.1, 0.15) is 0 Å². The highest BCUT2D eigenvalue weighted by Crippen LogP contribution is 2.57. The standard InChI is InChI=1S/C66H48N2/c67-65-63(59-43-23-19-39-55(59)53-37-17-13-33-49(53)45-25-5-1-6-26-45)61(57-41-21-15-35-51(57)47-29-9-3-10-30-47)62(58-42-22-16-36-52(58)48-31-11-4-12-32-48)64(66(65)68)60-44-24-20-40-56(60)54-38-18-14-34-50(54)46-27-7-2-8-28-46/h1-44H,67-68H2. The Morgan fingerprint density at radius 1 is 0.147 bits per heavy atom. The van der Waals surface area contributed by atoms with Crippen molar-refractivity contribution >= 4 is 11.4 Å². The maximum atomic E-state index is 7.86. The number of hydrogen-bond acceptors (Lipinski definition) is 2. The van der Waals surface area contributed by atoms with Gasteiger partial charge in [0.05, 0.1) is 11.4 Å². The Kier molecular flexibility index (Phi) is 11.3. The summed E-state index contributed by atoms with van der Waals surface area (Å²) in [6.07, 6.45) is 0. The Hall–Kier alpha value is -8.98. The molecule has 0 aromatic heterocycles. The maximum absolute atomic E-state index is 7.86. The van der Waals surface area contributed by atoms with Gasteiger partial charge >= 0.3 is 0 Å². The van der Waals surface area contributed by atoms with Crippen LogP contribution in [0.25, 0.3) is 111 Å². The van der Waals surface area contributed by atoms with Crippen LogP contribution in [0.2, 0.25) is 0 Å². The predicted octanol–water partition coefficient (Wildman–Crippen LogP) is 17.5. The number of nitrogens with two attached hydrogens (primary N) is 2. The van der Waals surface area contributed by atoms with Crippen LogP contribution in [-0.4, -0.2) is 0 Å². The summed E-state index contributed by atoms with van der Waals surface area (Å²) in [7, 11) is 0. The molecule has 2 heteroatoms. The number of anilines is 2. The fraction of sp³-hybridized carbons (Fsp3) is 0. The van der Waals surface area contributed by atoms with Gasteiger partial charge in [-0.25, -0.2) is 0 Å². The molecule has 0 aliphatic carbocycles. The van der Waals surface area contributed by atoms with E-state index in [2.05, 4.69) is 267 Å². The summed E-state index contributed by atoms with van der Waals surface area (Å²) in [6.45, 7) is 0. The first kappa shape index (κ1) is 41.7. The molecule has 68 heavy (non-hydrogen) atoms. The van der Waals surface area contributed by atoms with Gasteiger partial charge in [0.25, 0.3) is 0 Å². The van der Waals surface area contributed by atoms with Gasteiger partial charge in [0.2, 0.25) is 0 Å². The summed E-state index contributed by atoms with van der Waals surface area (Å²) in [4.78, 5) is 0. The monoisotopic (exact) mass is 868 g/mol. The van der Waals surface area contributed by atoms with Crippen LogP contribution in [0, 0.1) is 0 Å². The lowest BCUT2D eigenvalue weighted by Crippen LogP contribution is -2.07. The van der Waals surface area contributed by atoms with E-state index < -0.39 is 0 Å². The quantitative estimate of drug-likeness (QED) is 0.135. The summed E-state index contributed by atoms with van der Waals surface area (Å²) in [5, 5.41) is 0. The first-order chi connectivity index (χ1) is 33.7. The molecule has 0 fully saturated rings. The molecule has 11 rings (SSSR count). The Labute approximate surface area is 399 Å². The van der Waals surface area contributed by atoms with E-state index in [4.69, 9.17) is 11.5 Å². The number of hydrogen-bond donors (Lipinski definition) is 2. The summed E-state index contributed by atoms with van der Waals surface area (Å²) in [5.74, 6) is 0. The van der Waals surface area contributed by atoms with E-state index in [0.717, 1.165) is 111 Å². The third-order valence-corrected chi connectivity index (χ3v) is 13.1. The van der Waals surface area contributed by atoms with E-state index in [1.807, 2.05) is 0 Å². The van der Waals surface area contributed by atoms with Crippen molar-refractivity contribution in [2.75, 3.05) is 11.5 Å². The van der Waals surface area contributed by atoms with E-state index >= 15 is 0 Å². The average Bonchev–Trinajstić information content (AvgIpc) is 3.42. The number of rotatable bonds is 10. The van der Waals surface area contributed by atoms with Crippen molar-refractivity contribution in [1.29, 1.82) is 0 Å². The van der Waals surface area contributed by atoms with E-state index in [1.54, 1.807) is 0 Å². The molecule has 0 amide bonds. The number of benzene rings is 11. The van der Waals surface area contributed by atoms with Gasteiger partial charge in [-0.3, -0.25) is 0 Å². The van der Waals surface area contributed by atoms with E-state index in [1.165, 1.54) is 0 Å². The fourth-order valence-corrected chi connectivity index (χ4v) is 10.1. The van der Waals surface area contributed by atoms with Crippen molar-refractivity contribution in [2.24, 2.45) is 0 Å². The van der Waals surface area contributed by atoms with Crippen molar-refractivity contribution in [3.8, 4) is 111 Å². The van der Waals surface area contributed by atoms with Gasteiger partial charge in [-0.1, -0.05) is 267 Å². The minimum absolute atomic E-state index is 0.523. The van der Waals surface area contributed by atoms with Gasteiger partial charge in [-0.15, -0.1) is 0 Å². The molecule has 0 radical (unpaired) electrons. The second-order valence-electron chi connectivity index (χ2n) is 17.1. The van der Waals surface area contributed by atoms with Gasteiger partial charge in [0.1, 0.15) is 0 Å². The Bertz CT molecular complexity index is 3320. The summed E-state index contributed by atoms with van der Waals surface area (Å²) in [5.41, 5.74) is 37.9. The summed E-state index contributed by atoms with van der Waals surface area (Å²) < 4.78 is 0. The summed E-state index contributed by atoms with van der Waals surface area (Å²) >= 11 is 0. The average molecular weight is 869 g/mol. The lowest BCUT2D eigenvalue weighted by molar-refractivity contribution is 1.51. The molecule has 11 aromatic carbocycles. The second-order valence-corrected chi connectivity index (χ2v) is 17.1. The van der Waals surface area contributed by atoms with Crippen LogP contribution in [0.4, 0.5) is 11.4 Å². The SMILES string of the molecule is Nc1c(N)c(-c2ccccc2-c2ccccc2-c2ccccc2)c(-c2ccccc2-c2ccccc2)c(-c2ccccc2-c2ccccc2)c1-c1ccccc1-c1ccccc1-c1ccccc1. The third-order valence-electron chi connectivity index (χ3n) is 13.1. The van der Waals surface area contributed by atoms with Gasteiger partial charge in [0.15, 0.2) is 0 Å². The highest BCUT2D eigenvalue weighted by Gasteiger charge is 2.31. The van der Waals surface area contributed by atoms with E-state index in [0.29, 0.717) is 11.4 Å². The fourth-order valence-electron chi connectivity index (χ4n) is 10.1. The zero-order chi connectivity index (χ0) is 45.8. The number of nitrogen functional groups attached to an aromatic ring is 2. The first-order valence-corrected chi connectivity index (χ1v) is 23.2. The van der Waals surface area contributed by atoms with Crippen molar-refractivity contribution in [1.82, 2.24) is 0 Å². The van der Waals surface area contributed by atoms with Crippen LogP contribution in [0.5, 0.6) is 0 Å². The molecule has 0 unspecified atom stereocenters. The van der Waals surface area contributed by atoms with Crippen LogP contribution >= 0.6 is 0 Å². The molecule has 4 N–H and O–H groups in total. The normalized spacial score (nSPS) is 11.1. The molecule has 0 saturated heterocycles. The van der Waals surface area contributed by atoms with Crippen molar-refractivity contribution in [2.45, 2.75) is 0 Å². The molecular formula is C66H48N2. The van der Waals surface area contributed by atoms with Crippen LogP contribution in [0.3, 0.4) is 0 Å². The highest BCUT2D eigenvalue weighted by molar-refractivity contribution is 6.17. The van der Waals surface area contributed by atoms with Gasteiger partial charge < -0.3 is 11.5 Å². The molecule has 0 aliphatic heterocycles. The first-order valence-electron chi connectivity index (χ1n) is 23.2. The molecule has 322 valence electrons. The largest absolute Gasteiger partial charge is 0.397 e. The third kappa shape index (κ3) is 7.64. The molecule has 0 spiro atoms.